The van der Waals surface area contributed by atoms with Gasteiger partial charge >= 0.3 is 0 Å². The van der Waals surface area contributed by atoms with Crippen molar-refractivity contribution in [2.45, 2.75) is 58.0 Å². The van der Waals surface area contributed by atoms with Crippen LogP contribution in [0.2, 0.25) is 0 Å². The molecule has 1 saturated heterocycles. The van der Waals surface area contributed by atoms with Crippen LogP contribution in [-0.2, 0) is 16.1 Å². The molecule has 6 nitrogen and oxygen atoms in total. The first kappa shape index (κ1) is 15.0. The molecule has 1 aromatic heterocycles. The quantitative estimate of drug-likeness (QED) is 0.841. The first-order valence-corrected chi connectivity index (χ1v) is 7.10. The SMILES string of the molecule is CC(C)NC(=O)C1CC(OCc2c[nH]cn2)C(C)N1C. The monoisotopic (exact) mass is 280 g/mol. The van der Waals surface area contributed by atoms with Crippen molar-refractivity contribution in [2.24, 2.45) is 0 Å². The van der Waals surface area contributed by atoms with Gasteiger partial charge in [0.1, 0.15) is 0 Å². The largest absolute Gasteiger partial charge is 0.370 e. The zero-order valence-electron chi connectivity index (χ0n) is 12.6. The number of nitrogens with zero attached hydrogens (tertiary/aromatic N) is 2. The second kappa shape index (κ2) is 6.37. The number of likely N-dealkylation sites (tertiary alicyclic amines) is 1. The number of aromatic nitrogens is 2. The lowest BCUT2D eigenvalue weighted by Gasteiger charge is -2.24. The number of carbonyl (C=O) groups is 1. The first-order valence-electron chi connectivity index (χ1n) is 7.10. The van der Waals surface area contributed by atoms with Crippen molar-refractivity contribution in [3.63, 3.8) is 0 Å². The molecule has 2 rings (SSSR count). The number of aromatic amines is 1. The molecule has 2 N–H and O–H groups in total. The van der Waals surface area contributed by atoms with Gasteiger partial charge in [0.2, 0.25) is 5.91 Å². The number of amides is 1. The van der Waals surface area contributed by atoms with Gasteiger partial charge in [-0.25, -0.2) is 4.98 Å². The predicted molar refractivity (Wildman–Crippen MR) is 76.1 cm³/mol. The van der Waals surface area contributed by atoms with Crippen LogP contribution in [0, 0.1) is 0 Å². The van der Waals surface area contributed by atoms with Gasteiger partial charge in [-0.15, -0.1) is 0 Å². The Labute approximate surface area is 119 Å². The van der Waals surface area contributed by atoms with Gasteiger partial charge in [0.15, 0.2) is 0 Å². The molecule has 1 aliphatic heterocycles. The Hall–Kier alpha value is -1.40. The van der Waals surface area contributed by atoms with Crippen LogP contribution in [0.5, 0.6) is 0 Å². The average molecular weight is 280 g/mol. The highest BCUT2D eigenvalue weighted by Crippen LogP contribution is 2.26. The number of carbonyl (C=O) groups excluding carboxylic acids is 1. The molecule has 112 valence electrons. The number of nitrogens with one attached hydrogen (secondary N) is 2. The summed E-state index contributed by atoms with van der Waals surface area (Å²) in [5, 5.41) is 2.97. The minimum Gasteiger partial charge on any atom is -0.370 e. The Bertz CT molecular complexity index is 432. The Balaban J connectivity index is 1.90. The Morgan fingerprint density at radius 3 is 3.00 bits per heavy atom. The summed E-state index contributed by atoms with van der Waals surface area (Å²) < 4.78 is 5.91. The van der Waals surface area contributed by atoms with E-state index in [1.54, 1.807) is 6.33 Å². The van der Waals surface area contributed by atoms with E-state index >= 15 is 0 Å². The summed E-state index contributed by atoms with van der Waals surface area (Å²) in [6, 6.07) is 0.267. The van der Waals surface area contributed by atoms with E-state index in [9.17, 15) is 4.79 Å². The summed E-state index contributed by atoms with van der Waals surface area (Å²) in [5.74, 6) is 0.0835. The summed E-state index contributed by atoms with van der Waals surface area (Å²) in [5.41, 5.74) is 0.884. The Morgan fingerprint density at radius 1 is 1.65 bits per heavy atom. The fraction of sp³-hybridized carbons (Fsp3) is 0.714. The van der Waals surface area contributed by atoms with Crippen LogP contribution in [0.15, 0.2) is 12.5 Å². The standard InChI is InChI=1S/C14H24N4O2/c1-9(2)17-14(19)12-5-13(10(3)18(12)4)20-7-11-6-15-8-16-11/h6,8-10,12-13H,5,7H2,1-4H3,(H,15,16)(H,17,19). The van der Waals surface area contributed by atoms with E-state index < -0.39 is 0 Å². The highest BCUT2D eigenvalue weighted by molar-refractivity contribution is 5.82. The summed E-state index contributed by atoms with van der Waals surface area (Å²) in [7, 11) is 1.98. The van der Waals surface area contributed by atoms with Gasteiger partial charge in [0.05, 0.1) is 30.8 Å². The van der Waals surface area contributed by atoms with E-state index in [1.807, 2.05) is 27.1 Å². The lowest BCUT2D eigenvalue weighted by molar-refractivity contribution is -0.125. The van der Waals surface area contributed by atoms with Crippen molar-refractivity contribution in [3.05, 3.63) is 18.2 Å². The molecule has 0 aliphatic carbocycles. The predicted octanol–water partition coefficient (Wildman–Crippen LogP) is 0.912. The average Bonchev–Trinajstić information content (AvgIpc) is 2.97. The van der Waals surface area contributed by atoms with Crippen molar-refractivity contribution in [3.8, 4) is 0 Å². The van der Waals surface area contributed by atoms with Crippen molar-refractivity contribution >= 4 is 5.91 Å². The van der Waals surface area contributed by atoms with Gasteiger partial charge in [-0.2, -0.15) is 0 Å². The molecule has 0 saturated carbocycles. The molecule has 1 aromatic rings. The molecule has 0 bridgehead atoms. The van der Waals surface area contributed by atoms with Gasteiger partial charge in [0, 0.05) is 18.3 Å². The number of imidazole rings is 1. The van der Waals surface area contributed by atoms with E-state index in [4.69, 9.17) is 4.74 Å². The molecule has 0 spiro atoms. The zero-order chi connectivity index (χ0) is 14.7. The van der Waals surface area contributed by atoms with Crippen LogP contribution in [0.25, 0.3) is 0 Å². The molecule has 1 fully saturated rings. The van der Waals surface area contributed by atoms with Crippen molar-refractivity contribution in [1.29, 1.82) is 0 Å². The first-order chi connectivity index (χ1) is 9.49. The molecule has 1 aliphatic rings. The fourth-order valence-electron chi connectivity index (χ4n) is 2.57. The van der Waals surface area contributed by atoms with E-state index in [0.717, 1.165) is 12.1 Å². The summed E-state index contributed by atoms with van der Waals surface area (Å²) in [4.78, 5) is 21.3. The smallest absolute Gasteiger partial charge is 0.237 e. The third-order valence-electron chi connectivity index (χ3n) is 3.86. The number of hydrogen-bond donors (Lipinski definition) is 2. The summed E-state index contributed by atoms with van der Waals surface area (Å²) in [6.45, 7) is 6.52. The van der Waals surface area contributed by atoms with Crippen molar-refractivity contribution in [1.82, 2.24) is 20.2 Å². The lowest BCUT2D eigenvalue weighted by atomic mass is 10.1. The lowest BCUT2D eigenvalue weighted by Crippen LogP contribution is -2.45. The highest BCUT2D eigenvalue weighted by atomic mass is 16.5. The molecule has 6 heteroatoms. The molecule has 0 radical (unpaired) electrons. The van der Waals surface area contributed by atoms with E-state index in [2.05, 4.69) is 27.1 Å². The molecular weight excluding hydrogens is 256 g/mol. The normalized spacial score (nSPS) is 27.1. The molecule has 1 amide bonds. The van der Waals surface area contributed by atoms with Crippen LogP contribution >= 0.6 is 0 Å². The highest BCUT2D eigenvalue weighted by Gasteiger charge is 2.40. The van der Waals surface area contributed by atoms with Gasteiger partial charge in [-0.3, -0.25) is 9.69 Å². The molecule has 3 unspecified atom stereocenters. The van der Waals surface area contributed by atoms with Crippen LogP contribution in [0.1, 0.15) is 32.9 Å². The van der Waals surface area contributed by atoms with Crippen LogP contribution in [0.3, 0.4) is 0 Å². The van der Waals surface area contributed by atoms with Gasteiger partial charge in [-0.1, -0.05) is 0 Å². The topological polar surface area (TPSA) is 70.2 Å². The number of hydrogen-bond acceptors (Lipinski definition) is 4. The molecule has 2 heterocycles. The van der Waals surface area contributed by atoms with Gasteiger partial charge < -0.3 is 15.0 Å². The maximum Gasteiger partial charge on any atom is 0.237 e. The molecule has 3 atom stereocenters. The third kappa shape index (κ3) is 3.37. The van der Waals surface area contributed by atoms with E-state index in [1.165, 1.54) is 0 Å². The van der Waals surface area contributed by atoms with Crippen molar-refractivity contribution in [2.75, 3.05) is 7.05 Å². The minimum absolute atomic E-state index is 0.0552. The van der Waals surface area contributed by atoms with Crippen LogP contribution in [-0.4, -0.2) is 52.1 Å². The Morgan fingerprint density at radius 2 is 2.40 bits per heavy atom. The molecule has 20 heavy (non-hydrogen) atoms. The summed E-state index contributed by atoms with van der Waals surface area (Å²) >= 11 is 0. The maximum absolute atomic E-state index is 12.2. The number of likely N-dealkylation sites (N-methyl/N-ethyl adjacent to an activating group) is 1. The third-order valence-corrected chi connectivity index (χ3v) is 3.86. The fourth-order valence-corrected chi connectivity index (χ4v) is 2.57. The molecule has 0 aromatic carbocycles. The molecular formula is C14H24N4O2. The summed E-state index contributed by atoms with van der Waals surface area (Å²) in [6.07, 6.45) is 4.24. The van der Waals surface area contributed by atoms with Gasteiger partial charge in [-0.05, 0) is 34.2 Å². The van der Waals surface area contributed by atoms with Gasteiger partial charge in [0.25, 0.3) is 0 Å². The van der Waals surface area contributed by atoms with Crippen LogP contribution < -0.4 is 5.32 Å². The zero-order valence-corrected chi connectivity index (χ0v) is 12.6. The van der Waals surface area contributed by atoms with Crippen LogP contribution in [0.4, 0.5) is 0 Å². The Kier molecular flexibility index (Phi) is 4.77. The number of ether oxygens (including phenoxy) is 1. The van der Waals surface area contributed by atoms with E-state index in [-0.39, 0.29) is 30.1 Å². The number of rotatable bonds is 5. The van der Waals surface area contributed by atoms with Crippen molar-refractivity contribution < 1.29 is 9.53 Å². The van der Waals surface area contributed by atoms with E-state index in [0.29, 0.717) is 6.61 Å². The number of H-pyrrole nitrogens is 1. The second-order valence-electron chi connectivity index (χ2n) is 5.73. The minimum atomic E-state index is -0.114. The maximum atomic E-state index is 12.2. The second-order valence-corrected chi connectivity index (χ2v) is 5.73.